The number of unbranched alkanes of at least 4 members (excludes halogenated alkanes) is 3. The molecule has 0 saturated heterocycles. The van der Waals surface area contributed by atoms with Crippen molar-refractivity contribution in [1.29, 1.82) is 5.26 Å². The van der Waals surface area contributed by atoms with Crippen molar-refractivity contribution >= 4 is 0 Å². The second-order valence-corrected chi connectivity index (χ2v) is 10.1. The highest BCUT2D eigenvalue weighted by Gasteiger charge is 2.33. The molecule has 2 aliphatic rings. The van der Waals surface area contributed by atoms with Crippen molar-refractivity contribution in [2.45, 2.75) is 103 Å². The topological polar surface area (TPSA) is 23.8 Å². The Hall–Kier alpha value is -1.43. The van der Waals surface area contributed by atoms with Gasteiger partial charge in [-0.15, -0.1) is 0 Å². The summed E-state index contributed by atoms with van der Waals surface area (Å²) in [5.74, 6) is 2.14. The van der Waals surface area contributed by atoms with E-state index in [1.165, 1.54) is 69.9 Å². The van der Waals surface area contributed by atoms with E-state index < -0.39 is 17.2 Å². The number of halogens is 2. The maximum atomic E-state index is 14.0. The van der Waals surface area contributed by atoms with Gasteiger partial charge >= 0.3 is 0 Å². The van der Waals surface area contributed by atoms with Crippen LogP contribution in [0.15, 0.2) is 12.1 Å². The number of nitrogens with zero attached hydrogens (tertiary/aromatic N) is 1. The van der Waals surface area contributed by atoms with Crippen molar-refractivity contribution in [2.75, 3.05) is 0 Å². The Kier molecular flexibility index (Phi) is 8.72. The van der Waals surface area contributed by atoms with Gasteiger partial charge in [-0.3, -0.25) is 0 Å². The molecule has 1 nitrogen and oxygen atoms in total. The summed E-state index contributed by atoms with van der Waals surface area (Å²) in [4.78, 5) is 0. The zero-order chi connectivity index (χ0) is 21.5. The molecule has 0 heterocycles. The van der Waals surface area contributed by atoms with Crippen LogP contribution in [0.25, 0.3) is 0 Å². The maximum absolute atomic E-state index is 14.0. The summed E-state index contributed by atoms with van der Waals surface area (Å²) in [6.45, 7) is 4.74. The van der Waals surface area contributed by atoms with E-state index in [0.717, 1.165) is 54.9 Å². The molecule has 0 aliphatic heterocycles. The molecule has 1 aromatic carbocycles. The number of nitriles is 1. The summed E-state index contributed by atoms with van der Waals surface area (Å²) in [7, 11) is 0. The third-order valence-corrected chi connectivity index (χ3v) is 8.26. The van der Waals surface area contributed by atoms with E-state index in [1.54, 1.807) is 6.07 Å². The van der Waals surface area contributed by atoms with Crippen LogP contribution < -0.4 is 0 Å². The second-order valence-electron chi connectivity index (χ2n) is 10.1. The highest BCUT2D eigenvalue weighted by molar-refractivity contribution is 5.36. The Bertz CT molecular complexity index is 683. The van der Waals surface area contributed by atoms with Crippen molar-refractivity contribution in [1.82, 2.24) is 0 Å². The van der Waals surface area contributed by atoms with E-state index in [-0.39, 0.29) is 5.92 Å². The van der Waals surface area contributed by atoms with Crippen LogP contribution in [0, 0.1) is 46.6 Å². The van der Waals surface area contributed by atoms with Crippen LogP contribution in [0.3, 0.4) is 0 Å². The smallest absolute Gasteiger partial charge is 0.144 e. The molecule has 0 spiro atoms. The zero-order valence-corrected chi connectivity index (χ0v) is 18.9. The Morgan fingerprint density at radius 2 is 1.47 bits per heavy atom. The first kappa shape index (κ1) is 23.2. The van der Waals surface area contributed by atoms with E-state index in [2.05, 4.69) is 13.8 Å². The van der Waals surface area contributed by atoms with Crippen LogP contribution in [-0.2, 0) is 0 Å². The molecule has 1 unspecified atom stereocenters. The van der Waals surface area contributed by atoms with Gasteiger partial charge in [0.15, 0.2) is 0 Å². The number of hydrogen-bond donors (Lipinski definition) is 0. The highest BCUT2D eigenvalue weighted by atomic mass is 19.1. The number of rotatable bonds is 8. The normalized spacial score (nSPS) is 28.1. The minimum absolute atomic E-state index is 0.226. The summed E-state index contributed by atoms with van der Waals surface area (Å²) in [5.41, 5.74) is 0.278. The van der Waals surface area contributed by atoms with Crippen molar-refractivity contribution < 1.29 is 8.78 Å². The molecule has 0 amide bonds. The van der Waals surface area contributed by atoms with E-state index >= 15 is 0 Å². The van der Waals surface area contributed by atoms with Gasteiger partial charge in [-0.2, -0.15) is 5.26 Å². The van der Waals surface area contributed by atoms with Crippen molar-refractivity contribution in [3.8, 4) is 6.07 Å². The molecule has 2 fully saturated rings. The fourth-order valence-corrected chi connectivity index (χ4v) is 6.16. The standard InChI is InChI=1S/C27H39F2N/c1-3-4-5-6-7-20-8-10-21(11-9-20)19(2)22-12-14-23(15-13-22)24-16-26(28)25(18-30)27(29)17-24/h16-17,19-23H,3-15H2,1-2H3. The van der Waals surface area contributed by atoms with Crippen LogP contribution in [0.1, 0.15) is 114 Å². The SMILES string of the molecule is CCCCCCC1CCC(C(C)C2CCC(c3cc(F)c(C#N)c(F)c3)CC2)CC1. The molecular weight excluding hydrogens is 376 g/mol. The Morgan fingerprint density at radius 1 is 0.900 bits per heavy atom. The summed E-state index contributed by atoms with van der Waals surface area (Å²) in [5, 5.41) is 8.87. The van der Waals surface area contributed by atoms with Gasteiger partial charge in [0, 0.05) is 0 Å². The fraction of sp³-hybridized carbons (Fsp3) is 0.741. The maximum Gasteiger partial charge on any atom is 0.144 e. The molecule has 2 aliphatic carbocycles. The Labute approximate surface area is 182 Å². The van der Waals surface area contributed by atoms with Gasteiger partial charge < -0.3 is 0 Å². The molecule has 3 rings (SSSR count). The quantitative estimate of drug-likeness (QED) is 0.390. The molecule has 0 bridgehead atoms. The van der Waals surface area contributed by atoms with Gasteiger partial charge in [0.1, 0.15) is 23.3 Å². The van der Waals surface area contributed by atoms with Gasteiger partial charge in [0.25, 0.3) is 0 Å². The Morgan fingerprint density at radius 3 is 2.00 bits per heavy atom. The first-order valence-corrected chi connectivity index (χ1v) is 12.4. The first-order valence-electron chi connectivity index (χ1n) is 12.4. The summed E-state index contributed by atoms with van der Waals surface area (Å²) in [6.07, 6.45) is 16.9. The van der Waals surface area contributed by atoms with Gasteiger partial charge in [-0.05, 0) is 85.8 Å². The Balaban J connectivity index is 1.45. The lowest BCUT2D eigenvalue weighted by Crippen LogP contribution is -2.28. The lowest BCUT2D eigenvalue weighted by molar-refractivity contribution is 0.131. The van der Waals surface area contributed by atoms with E-state index in [0.29, 0.717) is 0 Å². The summed E-state index contributed by atoms with van der Waals surface area (Å²) >= 11 is 0. The van der Waals surface area contributed by atoms with Crippen molar-refractivity contribution in [2.24, 2.45) is 23.7 Å². The van der Waals surface area contributed by atoms with Gasteiger partial charge in [0.05, 0.1) is 0 Å². The monoisotopic (exact) mass is 415 g/mol. The van der Waals surface area contributed by atoms with Gasteiger partial charge in [-0.1, -0.05) is 58.8 Å². The van der Waals surface area contributed by atoms with Crippen molar-refractivity contribution in [3.05, 3.63) is 34.9 Å². The van der Waals surface area contributed by atoms with E-state index in [4.69, 9.17) is 5.26 Å². The first-order chi connectivity index (χ1) is 14.5. The third kappa shape index (κ3) is 5.83. The van der Waals surface area contributed by atoms with Crippen molar-refractivity contribution in [3.63, 3.8) is 0 Å². The largest absolute Gasteiger partial charge is 0.205 e. The fourth-order valence-electron chi connectivity index (χ4n) is 6.16. The molecule has 30 heavy (non-hydrogen) atoms. The number of benzene rings is 1. The molecule has 0 N–H and O–H groups in total. The highest BCUT2D eigenvalue weighted by Crippen LogP contribution is 2.45. The summed E-state index contributed by atoms with van der Waals surface area (Å²) < 4.78 is 28.0. The molecule has 1 atom stereocenters. The van der Waals surface area contributed by atoms with Crippen LogP contribution in [-0.4, -0.2) is 0 Å². The minimum atomic E-state index is -0.713. The average molecular weight is 416 g/mol. The molecule has 2 saturated carbocycles. The molecule has 166 valence electrons. The molecule has 0 aromatic heterocycles. The summed E-state index contributed by atoms with van der Waals surface area (Å²) in [6, 6.07) is 4.40. The number of hydrogen-bond acceptors (Lipinski definition) is 1. The minimum Gasteiger partial charge on any atom is -0.205 e. The van der Waals surface area contributed by atoms with Gasteiger partial charge in [-0.25, -0.2) is 8.78 Å². The van der Waals surface area contributed by atoms with E-state index in [1.807, 2.05) is 0 Å². The van der Waals surface area contributed by atoms with Gasteiger partial charge in [0.2, 0.25) is 0 Å². The zero-order valence-electron chi connectivity index (χ0n) is 18.9. The second kappa shape index (κ2) is 11.3. The molecular formula is C27H39F2N. The van der Waals surface area contributed by atoms with Crippen LogP contribution in [0.5, 0.6) is 0 Å². The molecule has 0 radical (unpaired) electrons. The molecule has 3 heteroatoms. The van der Waals surface area contributed by atoms with Crippen LogP contribution in [0.2, 0.25) is 0 Å². The molecule has 1 aromatic rings. The van der Waals surface area contributed by atoms with E-state index in [9.17, 15) is 8.78 Å². The lowest BCUT2D eigenvalue weighted by Gasteiger charge is -2.39. The predicted molar refractivity (Wildman–Crippen MR) is 119 cm³/mol. The predicted octanol–water partition coefficient (Wildman–Crippen LogP) is 8.52. The third-order valence-electron chi connectivity index (χ3n) is 8.26. The van der Waals surface area contributed by atoms with Crippen LogP contribution >= 0.6 is 0 Å². The van der Waals surface area contributed by atoms with Crippen LogP contribution in [0.4, 0.5) is 8.78 Å². The average Bonchev–Trinajstić information content (AvgIpc) is 2.76. The lowest BCUT2D eigenvalue weighted by atomic mass is 9.66.